The summed E-state index contributed by atoms with van der Waals surface area (Å²) in [5.74, 6) is 1.50. The summed E-state index contributed by atoms with van der Waals surface area (Å²) in [5, 5.41) is 0. The van der Waals surface area contributed by atoms with Crippen LogP contribution in [0.3, 0.4) is 0 Å². The van der Waals surface area contributed by atoms with Crippen LogP contribution in [0.25, 0.3) is 0 Å². The third-order valence-corrected chi connectivity index (χ3v) is 4.22. The Morgan fingerprint density at radius 1 is 1.53 bits per heavy atom. The molecule has 0 radical (unpaired) electrons. The van der Waals surface area contributed by atoms with Gasteiger partial charge in [-0.3, -0.25) is 4.79 Å². The van der Waals surface area contributed by atoms with Crippen LogP contribution in [-0.4, -0.2) is 13.1 Å². The molecule has 0 aromatic heterocycles. The fourth-order valence-corrected chi connectivity index (χ4v) is 3.33. The zero-order valence-electron chi connectivity index (χ0n) is 11.7. The molecule has 1 aliphatic rings. The van der Waals surface area contributed by atoms with Gasteiger partial charge in [0.25, 0.3) is 0 Å². The van der Waals surface area contributed by atoms with E-state index in [1.165, 1.54) is 20.0 Å². The molecule has 1 aliphatic carbocycles. The largest absolute Gasteiger partial charge is 0.469 e. The number of carbonyl (C=O) groups excluding carboxylic acids is 1. The van der Waals surface area contributed by atoms with Gasteiger partial charge in [-0.2, -0.15) is 0 Å². The highest BCUT2D eigenvalue weighted by molar-refractivity contribution is 5.69. The van der Waals surface area contributed by atoms with Crippen molar-refractivity contribution in [2.75, 3.05) is 7.11 Å². The average molecular weight is 238 g/mol. The number of ether oxygens (including phenoxy) is 1. The van der Waals surface area contributed by atoms with Crippen LogP contribution in [0.4, 0.5) is 0 Å². The van der Waals surface area contributed by atoms with E-state index in [0.717, 1.165) is 6.42 Å². The lowest BCUT2D eigenvalue weighted by atomic mass is 9.80. The zero-order chi connectivity index (χ0) is 13.1. The first-order valence-corrected chi connectivity index (χ1v) is 6.63. The molecule has 0 aromatic carbocycles. The van der Waals surface area contributed by atoms with Crippen molar-refractivity contribution in [1.29, 1.82) is 0 Å². The summed E-state index contributed by atoms with van der Waals surface area (Å²) >= 11 is 0. The fraction of sp³-hybridized carbons (Fsp3) is 0.800. The Morgan fingerprint density at radius 3 is 2.65 bits per heavy atom. The lowest BCUT2D eigenvalue weighted by Crippen LogP contribution is -2.21. The Kier molecular flexibility index (Phi) is 4.79. The van der Waals surface area contributed by atoms with Crippen LogP contribution < -0.4 is 0 Å². The molecule has 0 amide bonds. The predicted molar refractivity (Wildman–Crippen MR) is 70.6 cm³/mol. The van der Waals surface area contributed by atoms with Gasteiger partial charge < -0.3 is 4.74 Å². The zero-order valence-corrected chi connectivity index (χ0v) is 11.7. The van der Waals surface area contributed by atoms with Gasteiger partial charge in [-0.05, 0) is 36.0 Å². The lowest BCUT2D eigenvalue weighted by Gasteiger charge is -2.25. The maximum atomic E-state index is 11.4. The summed E-state index contributed by atoms with van der Waals surface area (Å²) in [6.45, 7) is 10.8. The van der Waals surface area contributed by atoms with Gasteiger partial charge in [-0.25, -0.2) is 0 Å². The molecule has 2 heteroatoms. The molecular weight excluding hydrogens is 212 g/mol. The third-order valence-electron chi connectivity index (χ3n) is 4.22. The van der Waals surface area contributed by atoms with Crippen LogP contribution in [0, 0.1) is 23.2 Å². The molecule has 2 nitrogen and oxygen atoms in total. The molecule has 0 saturated heterocycles. The number of hydrogen-bond acceptors (Lipinski definition) is 2. The van der Waals surface area contributed by atoms with Crippen LogP contribution in [-0.2, 0) is 9.53 Å². The van der Waals surface area contributed by atoms with E-state index in [4.69, 9.17) is 4.74 Å². The van der Waals surface area contributed by atoms with Crippen molar-refractivity contribution in [3.63, 3.8) is 0 Å². The SMILES string of the molecule is C=CC1CC(C)(C)CC1C(CC)CC(=O)OC. The topological polar surface area (TPSA) is 26.3 Å². The highest BCUT2D eigenvalue weighted by atomic mass is 16.5. The number of methoxy groups -OCH3 is 1. The molecule has 0 N–H and O–H groups in total. The van der Waals surface area contributed by atoms with E-state index in [0.29, 0.717) is 29.6 Å². The molecule has 1 rings (SSSR count). The fourth-order valence-electron chi connectivity index (χ4n) is 3.33. The molecule has 98 valence electrons. The lowest BCUT2D eigenvalue weighted by molar-refractivity contribution is -0.142. The summed E-state index contributed by atoms with van der Waals surface area (Å²) in [6, 6.07) is 0. The third kappa shape index (κ3) is 3.58. The van der Waals surface area contributed by atoms with Gasteiger partial charge in [0.2, 0.25) is 0 Å². The van der Waals surface area contributed by atoms with E-state index in [1.807, 2.05) is 0 Å². The van der Waals surface area contributed by atoms with Crippen molar-refractivity contribution in [2.24, 2.45) is 23.2 Å². The van der Waals surface area contributed by atoms with E-state index < -0.39 is 0 Å². The maximum Gasteiger partial charge on any atom is 0.305 e. The van der Waals surface area contributed by atoms with Gasteiger partial charge in [-0.1, -0.05) is 33.3 Å². The first kappa shape index (κ1) is 14.3. The molecule has 1 saturated carbocycles. The van der Waals surface area contributed by atoms with Gasteiger partial charge in [-0.15, -0.1) is 6.58 Å². The summed E-state index contributed by atoms with van der Waals surface area (Å²) in [6.07, 6.45) is 6.07. The Bertz CT molecular complexity index is 281. The van der Waals surface area contributed by atoms with Gasteiger partial charge in [0.15, 0.2) is 0 Å². The highest BCUT2D eigenvalue weighted by Crippen LogP contribution is 2.49. The summed E-state index contributed by atoms with van der Waals surface area (Å²) in [7, 11) is 1.47. The first-order chi connectivity index (χ1) is 7.93. The highest BCUT2D eigenvalue weighted by Gasteiger charge is 2.41. The summed E-state index contributed by atoms with van der Waals surface area (Å²) < 4.78 is 4.80. The van der Waals surface area contributed by atoms with E-state index in [9.17, 15) is 4.79 Å². The molecule has 0 heterocycles. The Labute approximate surface area is 105 Å². The van der Waals surface area contributed by atoms with Gasteiger partial charge >= 0.3 is 5.97 Å². The second-order valence-corrected chi connectivity index (χ2v) is 6.08. The van der Waals surface area contributed by atoms with E-state index in [1.54, 1.807) is 0 Å². The molecule has 3 atom stereocenters. The Hall–Kier alpha value is -0.790. The molecular formula is C15H26O2. The second-order valence-electron chi connectivity index (χ2n) is 6.08. The minimum absolute atomic E-state index is 0.0793. The molecule has 0 spiro atoms. The number of allylic oxidation sites excluding steroid dienone is 1. The molecule has 0 bridgehead atoms. The van der Waals surface area contributed by atoms with Crippen LogP contribution in [0.1, 0.15) is 46.5 Å². The first-order valence-electron chi connectivity index (χ1n) is 6.63. The smallest absolute Gasteiger partial charge is 0.305 e. The number of esters is 1. The quantitative estimate of drug-likeness (QED) is 0.537. The van der Waals surface area contributed by atoms with Crippen molar-refractivity contribution < 1.29 is 9.53 Å². The number of carbonyl (C=O) groups is 1. The Balaban J connectivity index is 2.73. The maximum absolute atomic E-state index is 11.4. The second kappa shape index (κ2) is 5.70. The monoisotopic (exact) mass is 238 g/mol. The van der Waals surface area contributed by atoms with Gasteiger partial charge in [0.05, 0.1) is 7.11 Å². The molecule has 0 aromatic rings. The van der Waals surface area contributed by atoms with E-state index >= 15 is 0 Å². The van der Waals surface area contributed by atoms with Crippen molar-refractivity contribution >= 4 is 5.97 Å². The van der Waals surface area contributed by atoms with Crippen LogP contribution >= 0.6 is 0 Å². The molecule has 0 aliphatic heterocycles. The Morgan fingerprint density at radius 2 is 2.18 bits per heavy atom. The average Bonchev–Trinajstić information content (AvgIpc) is 2.60. The minimum atomic E-state index is -0.0793. The van der Waals surface area contributed by atoms with Crippen molar-refractivity contribution in [2.45, 2.75) is 46.5 Å². The van der Waals surface area contributed by atoms with Crippen molar-refractivity contribution in [3.05, 3.63) is 12.7 Å². The molecule has 3 unspecified atom stereocenters. The van der Waals surface area contributed by atoms with Crippen LogP contribution in [0.15, 0.2) is 12.7 Å². The van der Waals surface area contributed by atoms with Gasteiger partial charge in [0, 0.05) is 6.42 Å². The number of hydrogen-bond donors (Lipinski definition) is 0. The van der Waals surface area contributed by atoms with Crippen molar-refractivity contribution in [3.8, 4) is 0 Å². The van der Waals surface area contributed by atoms with Crippen LogP contribution in [0.5, 0.6) is 0 Å². The summed E-state index contributed by atoms with van der Waals surface area (Å²) in [5.41, 5.74) is 0.382. The minimum Gasteiger partial charge on any atom is -0.469 e. The van der Waals surface area contributed by atoms with E-state index in [-0.39, 0.29) is 5.97 Å². The summed E-state index contributed by atoms with van der Waals surface area (Å²) in [4.78, 5) is 11.4. The molecule has 1 fully saturated rings. The van der Waals surface area contributed by atoms with Crippen molar-refractivity contribution in [1.82, 2.24) is 0 Å². The standard InChI is InChI=1S/C15H26O2/c1-6-11(8-14(16)17-5)13-10-15(3,4)9-12(13)7-2/h7,11-13H,2,6,8-10H2,1,3-5H3. The van der Waals surface area contributed by atoms with Crippen LogP contribution in [0.2, 0.25) is 0 Å². The number of rotatable bonds is 5. The van der Waals surface area contributed by atoms with E-state index in [2.05, 4.69) is 33.4 Å². The normalized spacial score (nSPS) is 28.7. The van der Waals surface area contributed by atoms with Gasteiger partial charge in [0.1, 0.15) is 0 Å². The predicted octanol–water partition coefficient (Wildman–Crippen LogP) is 3.81. The molecule has 17 heavy (non-hydrogen) atoms.